The average molecular weight is 338 g/mol. The molecule has 23 heavy (non-hydrogen) atoms. The fraction of sp³-hybridized carbons (Fsp3) is 0.789. The first kappa shape index (κ1) is 18.6. The number of carbonyl (C=O) groups excluding carboxylic acids is 1. The Labute approximate surface area is 145 Å². The average Bonchev–Trinajstić information content (AvgIpc) is 2.95. The van der Waals surface area contributed by atoms with Crippen LogP contribution in [0.15, 0.2) is 10.6 Å². The van der Waals surface area contributed by atoms with E-state index >= 15 is 0 Å². The van der Waals surface area contributed by atoms with Gasteiger partial charge in [-0.15, -0.1) is 11.8 Å². The van der Waals surface area contributed by atoms with Crippen LogP contribution in [0.25, 0.3) is 0 Å². The normalized spacial score (nSPS) is 17.4. The van der Waals surface area contributed by atoms with Crippen molar-refractivity contribution in [3.05, 3.63) is 17.5 Å². The van der Waals surface area contributed by atoms with Crippen LogP contribution in [-0.4, -0.2) is 21.4 Å². The monoisotopic (exact) mass is 337 g/mol. The molecule has 0 bridgehead atoms. The molecule has 1 heterocycles. The Morgan fingerprint density at radius 2 is 1.87 bits per heavy atom. The summed E-state index contributed by atoms with van der Waals surface area (Å²) >= 11 is 1.82. The zero-order valence-corrected chi connectivity index (χ0v) is 16.1. The SMILES string of the molecule is CC(C)(SCC1CCCCC1)C(=O)Cc1cc(C(C)(C)C)on1. The Kier molecular flexibility index (Phi) is 5.99. The van der Waals surface area contributed by atoms with Crippen molar-refractivity contribution in [1.29, 1.82) is 0 Å². The van der Waals surface area contributed by atoms with Crippen molar-refractivity contribution in [1.82, 2.24) is 5.16 Å². The van der Waals surface area contributed by atoms with Crippen LogP contribution in [0.1, 0.15) is 78.2 Å². The number of thioether (sulfide) groups is 1. The Morgan fingerprint density at radius 1 is 1.22 bits per heavy atom. The largest absolute Gasteiger partial charge is 0.361 e. The van der Waals surface area contributed by atoms with Crippen LogP contribution in [0.5, 0.6) is 0 Å². The predicted molar refractivity (Wildman–Crippen MR) is 97.0 cm³/mol. The van der Waals surface area contributed by atoms with Crippen molar-refractivity contribution in [3.63, 3.8) is 0 Å². The van der Waals surface area contributed by atoms with Gasteiger partial charge in [-0.25, -0.2) is 0 Å². The van der Waals surface area contributed by atoms with Gasteiger partial charge in [-0.05, 0) is 38.4 Å². The summed E-state index contributed by atoms with van der Waals surface area (Å²) in [5.41, 5.74) is 0.686. The van der Waals surface area contributed by atoms with Crippen molar-refractivity contribution >= 4 is 17.5 Å². The lowest BCUT2D eigenvalue weighted by Gasteiger charge is -2.27. The minimum atomic E-state index is -0.349. The minimum absolute atomic E-state index is 0.0699. The highest BCUT2D eigenvalue weighted by Gasteiger charge is 2.30. The van der Waals surface area contributed by atoms with Gasteiger partial charge in [0.05, 0.1) is 16.9 Å². The quantitative estimate of drug-likeness (QED) is 0.717. The molecule has 4 heteroatoms. The maximum atomic E-state index is 12.7. The summed E-state index contributed by atoms with van der Waals surface area (Å²) in [6, 6.07) is 1.93. The molecule has 1 fully saturated rings. The maximum Gasteiger partial charge on any atom is 0.154 e. The molecule has 0 radical (unpaired) electrons. The molecule has 1 aliphatic rings. The van der Waals surface area contributed by atoms with E-state index in [4.69, 9.17) is 4.52 Å². The van der Waals surface area contributed by atoms with Crippen molar-refractivity contribution < 1.29 is 9.32 Å². The molecule has 0 N–H and O–H groups in total. The summed E-state index contributed by atoms with van der Waals surface area (Å²) < 4.78 is 5.04. The van der Waals surface area contributed by atoms with Gasteiger partial charge in [-0.1, -0.05) is 45.2 Å². The fourth-order valence-electron chi connectivity index (χ4n) is 2.89. The third-order valence-corrected chi connectivity index (χ3v) is 6.30. The molecule has 1 aliphatic carbocycles. The summed E-state index contributed by atoms with van der Waals surface area (Å²) in [4.78, 5) is 12.7. The van der Waals surface area contributed by atoms with Crippen molar-refractivity contribution in [2.45, 2.75) is 83.3 Å². The molecule has 0 saturated heterocycles. The van der Waals surface area contributed by atoms with E-state index in [9.17, 15) is 4.79 Å². The summed E-state index contributed by atoms with van der Waals surface area (Å²) in [5.74, 6) is 2.98. The topological polar surface area (TPSA) is 43.1 Å². The number of hydrogen-bond acceptors (Lipinski definition) is 4. The Bertz CT molecular complexity index is 522. The predicted octanol–water partition coefficient (Wildman–Crippen LogP) is 5.18. The highest BCUT2D eigenvalue weighted by Crippen LogP contribution is 2.34. The number of ketones is 1. The second-order valence-electron chi connectivity index (χ2n) is 8.36. The lowest BCUT2D eigenvalue weighted by molar-refractivity contribution is -0.120. The highest BCUT2D eigenvalue weighted by molar-refractivity contribution is 8.01. The first-order chi connectivity index (χ1) is 10.7. The molecule has 0 amide bonds. The van der Waals surface area contributed by atoms with E-state index in [0.717, 1.165) is 23.1 Å². The van der Waals surface area contributed by atoms with Crippen molar-refractivity contribution in [2.75, 3.05) is 5.75 Å². The van der Waals surface area contributed by atoms with Gasteiger partial charge in [0.25, 0.3) is 0 Å². The van der Waals surface area contributed by atoms with E-state index in [1.165, 1.54) is 32.1 Å². The van der Waals surface area contributed by atoms with Gasteiger partial charge in [-0.3, -0.25) is 4.79 Å². The van der Waals surface area contributed by atoms with Crippen LogP contribution in [-0.2, 0) is 16.6 Å². The summed E-state index contributed by atoms with van der Waals surface area (Å²) in [5, 5.41) is 4.08. The first-order valence-electron chi connectivity index (χ1n) is 8.82. The molecule has 0 atom stereocenters. The third-order valence-electron chi connectivity index (χ3n) is 4.72. The molecular weight excluding hydrogens is 306 g/mol. The lowest BCUT2D eigenvalue weighted by Crippen LogP contribution is -2.31. The molecule has 1 aromatic rings. The second-order valence-corrected chi connectivity index (χ2v) is 10.0. The molecule has 130 valence electrons. The van der Waals surface area contributed by atoms with E-state index in [2.05, 4.69) is 25.9 Å². The molecule has 0 aliphatic heterocycles. The number of Topliss-reactive ketones (excluding diaryl/α,β-unsaturated/α-hetero) is 1. The fourth-order valence-corrected chi connectivity index (χ4v) is 4.11. The zero-order valence-electron chi connectivity index (χ0n) is 15.3. The molecule has 0 spiro atoms. The number of hydrogen-bond donors (Lipinski definition) is 0. The second kappa shape index (κ2) is 7.42. The lowest BCUT2D eigenvalue weighted by atomic mass is 9.91. The van der Waals surface area contributed by atoms with Crippen LogP contribution in [0.2, 0.25) is 0 Å². The molecule has 3 nitrogen and oxygen atoms in total. The van der Waals surface area contributed by atoms with Crippen LogP contribution in [0.4, 0.5) is 0 Å². The number of carbonyl (C=O) groups is 1. The Hall–Kier alpha value is -0.770. The third kappa shape index (κ3) is 5.37. The maximum absolute atomic E-state index is 12.7. The summed E-state index contributed by atoms with van der Waals surface area (Å²) in [7, 11) is 0. The van der Waals surface area contributed by atoms with Gasteiger partial charge in [-0.2, -0.15) is 0 Å². The molecule has 0 unspecified atom stereocenters. The van der Waals surface area contributed by atoms with Crippen molar-refractivity contribution in [3.8, 4) is 0 Å². The van der Waals surface area contributed by atoms with E-state index in [0.29, 0.717) is 6.42 Å². The Balaban J connectivity index is 1.88. The van der Waals surface area contributed by atoms with Gasteiger partial charge in [0.1, 0.15) is 5.76 Å². The molecule has 1 saturated carbocycles. The van der Waals surface area contributed by atoms with E-state index in [1.54, 1.807) is 0 Å². The Morgan fingerprint density at radius 3 is 2.43 bits per heavy atom. The molecule has 0 aromatic carbocycles. The van der Waals surface area contributed by atoms with Crippen molar-refractivity contribution in [2.24, 2.45) is 5.92 Å². The zero-order chi connectivity index (χ0) is 17.1. The molecular formula is C19H31NO2S. The van der Waals surface area contributed by atoms with Crippen LogP contribution in [0.3, 0.4) is 0 Å². The van der Waals surface area contributed by atoms with Crippen LogP contribution >= 0.6 is 11.8 Å². The smallest absolute Gasteiger partial charge is 0.154 e. The van der Waals surface area contributed by atoms with E-state index < -0.39 is 0 Å². The number of nitrogens with zero attached hydrogens (tertiary/aromatic N) is 1. The first-order valence-corrected chi connectivity index (χ1v) is 9.80. The molecule has 1 aromatic heterocycles. The minimum Gasteiger partial charge on any atom is -0.361 e. The van der Waals surface area contributed by atoms with Gasteiger partial charge < -0.3 is 4.52 Å². The highest BCUT2D eigenvalue weighted by atomic mass is 32.2. The van der Waals surface area contributed by atoms with Gasteiger partial charge in [0, 0.05) is 11.5 Å². The van der Waals surface area contributed by atoms with E-state index in [1.807, 2.05) is 31.7 Å². The van der Waals surface area contributed by atoms with E-state index in [-0.39, 0.29) is 15.9 Å². The van der Waals surface area contributed by atoms with Gasteiger partial charge >= 0.3 is 0 Å². The van der Waals surface area contributed by atoms with Gasteiger partial charge in [0.15, 0.2) is 5.78 Å². The molecule has 2 rings (SSSR count). The van der Waals surface area contributed by atoms with Crippen LogP contribution < -0.4 is 0 Å². The standard InChI is InChI=1S/C19H31NO2S/c1-18(2,3)17-12-15(20-22-17)11-16(21)19(4,5)23-13-14-9-7-6-8-10-14/h12,14H,6-11,13H2,1-5H3. The summed E-state index contributed by atoms with van der Waals surface area (Å²) in [6.45, 7) is 10.4. The van der Waals surface area contributed by atoms with Gasteiger partial charge in [0.2, 0.25) is 0 Å². The summed E-state index contributed by atoms with van der Waals surface area (Å²) in [6.07, 6.45) is 7.11. The number of aromatic nitrogens is 1. The van der Waals surface area contributed by atoms with Crippen LogP contribution in [0, 0.1) is 5.92 Å². The number of rotatable bonds is 6.